The van der Waals surface area contributed by atoms with Crippen molar-refractivity contribution in [3.05, 3.63) is 106 Å². The van der Waals surface area contributed by atoms with Gasteiger partial charge in [0.2, 0.25) is 0 Å². The van der Waals surface area contributed by atoms with E-state index in [4.69, 9.17) is 0 Å². The van der Waals surface area contributed by atoms with E-state index in [0.717, 1.165) is 0 Å². The topological polar surface area (TPSA) is 149 Å². The number of carbonyl (C=O) groups is 4. The third-order valence-electron chi connectivity index (χ3n) is 9.70. The predicted molar refractivity (Wildman–Crippen MR) is 143 cm³/mol. The van der Waals surface area contributed by atoms with Gasteiger partial charge in [-0.05, 0) is 89.7 Å². The minimum atomic E-state index is -1.32. The number of carboxylic acids is 4. The summed E-state index contributed by atoms with van der Waals surface area (Å²) in [5.41, 5.74) is -2.38. The van der Waals surface area contributed by atoms with Crippen LogP contribution in [0.1, 0.15) is 86.3 Å². The van der Waals surface area contributed by atoms with Crippen LogP contribution in [0, 0.1) is 5.41 Å². The summed E-state index contributed by atoms with van der Waals surface area (Å²) in [4.78, 5) is 50.6. The fraction of sp³-hybridized carbons (Fsp3) is 0.312. The Hall–Kier alpha value is -4.46. The van der Waals surface area contributed by atoms with Gasteiger partial charge in [-0.1, -0.05) is 54.6 Å². The van der Waals surface area contributed by atoms with Gasteiger partial charge < -0.3 is 20.4 Å². The van der Waals surface area contributed by atoms with Gasteiger partial charge in [0.05, 0.1) is 22.1 Å². The molecule has 0 amide bonds. The molecule has 0 spiro atoms. The van der Waals surface area contributed by atoms with Gasteiger partial charge in [0.15, 0.2) is 0 Å². The summed E-state index contributed by atoms with van der Waals surface area (Å²) in [5.74, 6) is -4.42. The fourth-order valence-corrected chi connectivity index (χ4v) is 9.12. The van der Waals surface area contributed by atoms with E-state index < -0.39 is 45.5 Å². The number of hydrogen-bond donors (Lipinski definition) is 4. The molecule has 8 heteroatoms. The highest BCUT2D eigenvalue weighted by molar-refractivity contribution is 5.92. The number of aliphatic carboxylic acids is 1. The number of benzene rings is 3. The number of hydrogen-bond acceptors (Lipinski definition) is 4. The van der Waals surface area contributed by atoms with Gasteiger partial charge in [-0.3, -0.25) is 4.79 Å². The van der Waals surface area contributed by atoms with E-state index >= 15 is 0 Å². The van der Waals surface area contributed by atoms with Crippen LogP contribution in [0.15, 0.2) is 72.8 Å². The number of carboxylic acid groups (broad SMARTS) is 4. The molecule has 0 aromatic heterocycles. The van der Waals surface area contributed by atoms with Crippen molar-refractivity contribution in [3.8, 4) is 0 Å². The first-order chi connectivity index (χ1) is 19.0. The van der Waals surface area contributed by atoms with Crippen LogP contribution in [0.5, 0.6) is 0 Å². The lowest BCUT2D eigenvalue weighted by Crippen LogP contribution is -2.68. The van der Waals surface area contributed by atoms with Gasteiger partial charge >= 0.3 is 23.9 Å². The Kier molecular flexibility index (Phi) is 5.49. The van der Waals surface area contributed by atoms with Crippen molar-refractivity contribution in [1.82, 2.24) is 0 Å². The van der Waals surface area contributed by atoms with E-state index in [2.05, 4.69) is 0 Å². The zero-order valence-electron chi connectivity index (χ0n) is 21.6. The normalized spacial score (nSPS) is 30.1. The van der Waals surface area contributed by atoms with Crippen LogP contribution in [0.3, 0.4) is 0 Å². The van der Waals surface area contributed by atoms with Gasteiger partial charge in [-0.2, -0.15) is 0 Å². The van der Waals surface area contributed by atoms with Crippen molar-refractivity contribution < 1.29 is 39.6 Å². The molecule has 4 saturated carbocycles. The molecule has 3 aromatic carbocycles. The molecule has 0 aliphatic heterocycles. The summed E-state index contributed by atoms with van der Waals surface area (Å²) in [6.07, 6.45) is 1.65. The van der Waals surface area contributed by atoms with Gasteiger partial charge in [-0.15, -0.1) is 0 Å². The molecule has 4 bridgehead atoms. The first kappa shape index (κ1) is 25.8. The summed E-state index contributed by atoms with van der Waals surface area (Å²) in [5, 5.41) is 41.3. The van der Waals surface area contributed by atoms with Gasteiger partial charge in [-0.25, -0.2) is 14.4 Å². The molecule has 7 rings (SSSR count). The van der Waals surface area contributed by atoms with Gasteiger partial charge in [0, 0.05) is 0 Å². The zero-order chi connectivity index (χ0) is 28.5. The van der Waals surface area contributed by atoms with Crippen LogP contribution in [-0.2, 0) is 21.0 Å². The van der Waals surface area contributed by atoms with Crippen molar-refractivity contribution in [2.24, 2.45) is 5.41 Å². The highest BCUT2D eigenvalue weighted by Crippen LogP contribution is 2.75. The van der Waals surface area contributed by atoms with E-state index in [1.165, 1.54) is 18.2 Å². The second-order valence-corrected chi connectivity index (χ2v) is 12.0. The summed E-state index contributed by atoms with van der Waals surface area (Å²) >= 11 is 0. The molecular weight excluding hydrogens is 512 g/mol. The van der Waals surface area contributed by atoms with E-state index in [1.54, 1.807) is 54.6 Å². The summed E-state index contributed by atoms with van der Waals surface area (Å²) < 4.78 is 0. The molecule has 4 fully saturated rings. The molecule has 40 heavy (non-hydrogen) atoms. The van der Waals surface area contributed by atoms with Crippen molar-refractivity contribution in [2.75, 3.05) is 0 Å². The average Bonchev–Trinajstić information content (AvgIpc) is 2.92. The predicted octanol–water partition coefficient (Wildman–Crippen LogP) is 5.35. The lowest BCUT2D eigenvalue weighted by atomic mass is 9.32. The van der Waals surface area contributed by atoms with E-state index in [9.17, 15) is 39.6 Å². The second-order valence-electron chi connectivity index (χ2n) is 12.0. The van der Waals surface area contributed by atoms with Crippen molar-refractivity contribution in [2.45, 2.75) is 54.8 Å². The highest BCUT2D eigenvalue weighted by Gasteiger charge is 2.72. The van der Waals surface area contributed by atoms with E-state index in [1.807, 2.05) is 0 Å². The molecule has 0 unspecified atom stereocenters. The lowest BCUT2D eigenvalue weighted by molar-refractivity contribution is -0.174. The van der Waals surface area contributed by atoms with Crippen LogP contribution in [0.2, 0.25) is 0 Å². The Balaban J connectivity index is 1.72. The molecule has 8 nitrogen and oxygen atoms in total. The number of rotatable bonds is 7. The smallest absolute Gasteiger partial charge is 0.335 e. The summed E-state index contributed by atoms with van der Waals surface area (Å²) in [7, 11) is 0. The Morgan fingerprint density at radius 2 is 0.725 bits per heavy atom. The summed E-state index contributed by atoms with van der Waals surface area (Å²) in [6.45, 7) is 0. The zero-order valence-corrected chi connectivity index (χ0v) is 21.6. The molecule has 4 aliphatic rings. The maximum absolute atomic E-state index is 13.3. The molecule has 4 N–H and O–H groups in total. The largest absolute Gasteiger partial charge is 0.481 e. The first-order valence-corrected chi connectivity index (χ1v) is 13.2. The molecule has 0 radical (unpaired) electrons. The Morgan fingerprint density at radius 3 is 0.975 bits per heavy atom. The third kappa shape index (κ3) is 3.51. The van der Waals surface area contributed by atoms with Crippen LogP contribution in [0.25, 0.3) is 0 Å². The summed E-state index contributed by atoms with van der Waals surface area (Å²) in [6, 6.07) is 19.9. The van der Waals surface area contributed by atoms with E-state index in [-0.39, 0.29) is 36.0 Å². The van der Waals surface area contributed by atoms with Crippen LogP contribution >= 0.6 is 0 Å². The van der Waals surface area contributed by atoms with Crippen molar-refractivity contribution in [1.29, 1.82) is 0 Å². The van der Waals surface area contributed by atoms with Crippen LogP contribution in [0.4, 0.5) is 0 Å². The quantitative estimate of drug-likeness (QED) is 0.313. The van der Waals surface area contributed by atoms with Gasteiger partial charge in [0.25, 0.3) is 0 Å². The Morgan fingerprint density at radius 1 is 0.450 bits per heavy atom. The SMILES string of the molecule is O=C(O)c1ccccc1C12CC3(C(=O)O)CC(c4ccccc4C(=O)O)(C1)CC(c1ccccc1C(=O)O)(C3)C2. The molecule has 0 atom stereocenters. The second kappa shape index (κ2) is 8.52. The molecule has 0 saturated heterocycles. The highest BCUT2D eigenvalue weighted by atomic mass is 16.4. The maximum atomic E-state index is 13.3. The average molecular weight is 541 g/mol. The Bertz CT molecular complexity index is 1420. The monoisotopic (exact) mass is 540 g/mol. The van der Waals surface area contributed by atoms with Crippen molar-refractivity contribution in [3.63, 3.8) is 0 Å². The fourth-order valence-electron chi connectivity index (χ4n) is 9.12. The van der Waals surface area contributed by atoms with Crippen molar-refractivity contribution >= 4 is 23.9 Å². The van der Waals surface area contributed by atoms with Crippen LogP contribution < -0.4 is 0 Å². The molecule has 204 valence electrons. The minimum Gasteiger partial charge on any atom is -0.481 e. The molecule has 4 aliphatic carbocycles. The maximum Gasteiger partial charge on any atom is 0.335 e. The third-order valence-corrected chi connectivity index (χ3v) is 9.70. The molecule has 0 heterocycles. The minimum absolute atomic E-state index is 0.0772. The van der Waals surface area contributed by atoms with E-state index in [0.29, 0.717) is 36.0 Å². The molecule has 3 aromatic rings. The standard InChI is InChI=1S/C32H28O8/c33-25(34)19-7-1-4-10-22(19)29-13-30(23-11-5-2-8-20(23)26(35)36)15-31(14-29,18-32(16-29,17-30)28(39)40)24-12-6-3-9-21(24)27(37)38/h1-12H,13-18H2,(H,33,34)(H,35,36)(H,37,38)(H,39,40). The van der Waals surface area contributed by atoms with Crippen LogP contribution in [-0.4, -0.2) is 44.3 Å². The lowest BCUT2D eigenvalue weighted by Gasteiger charge is -2.70. The number of aromatic carboxylic acids is 3. The Labute approximate surface area is 229 Å². The first-order valence-electron chi connectivity index (χ1n) is 13.2. The van der Waals surface area contributed by atoms with Gasteiger partial charge in [0.1, 0.15) is 0 Å². The molecular formula is C32H28O8.